The van der Waals surface area contributed by atoms with E-state index in [1.807, 2.05) is 42.6 Å². The average molecular weight is 509 g/mol. The third kappa shape index (κ3) is 5.20. The van der Waals surface area contributed by atoms with Crippen LogP contribution in [0.3, 0.4) is 0 Å². The maximum Gasteiger partial charge on any atom is 0.168 e. The molecule has 0 aliphatic rings. The van der Waals surface area contributed by atoms with Crippen LogP contribution in [0.5, 0.6) is 5.75 Å². The summed E-state index contributed by atoms with van der Waals surface area (Å²) >= 11 is 0. The van der Waals surface area contributed by atoms with Gasteiger partial charge in [0.1, 0.15) is 5.75 Å². The highest BCUT2D eigenvalue weighted by Crippen LogP contribution is 2.32. The maximum absolute atomic E-state index is 5.79. The summed E-state index contributed by atoms with van der Waals surface area (Å²) in [7, 11) is 0. The molecule has 6 rings (SSSR count). The highest BCUT2D eigenvalue weighted by Gasteiger charge is 2.18. The van der Waals surface area contributed by atoms with Crippen LogP contribution in [0, 0.1) is 0 Å². The van der Waals surface area contributed by atoms with Crippen LogP contribution in [0.25, 0.3) is 50.7 Å². The number of benzene rings is 4. The molecule has 0 atom stereocenters. The molecule has 0 radical (unpaired) electrons. The first kappa shape index (κ1) is 24.3. The van der Waals surface area contributed by atoms with Crippen molar-refractivity contribution in [1.29, 1.82) is 0 Å². The molecule has 0 fully saturated rings. The highest BCUT2D eigenvalue weighted by molar-refractivity contribution is 5.72. The number of pyridine rings is 1. The molecule has 0 amide bonds. The molecule has 0 spiro atoms. The summed E-state index contributed by atoms with van der Waals surface area (Å²) in [4.78, 5) is 4.26. The second kappa shape index (κ2) is 11.2. The molecule has 2 aromatic heterocycles. The third-order valence-electron chi connectivity index (χ3n) is 6.62. The fraction of sp³-hybridized carbons (Fsp3) is 0.0882. The van der Waals surface area contributed by atoms with E-state index in [1.54, 1.807) is 6.20 Å². The Balaban J connectivity index is 1.41. The SMILES string of the molecule is CCCOc1ccc(-c2nnc(-c3ccc(-c4ccccc4)cc3)n2-c2ccc(-c3cccnc3)cc2)cc1. The second-order valence-electron chi connectivity index (χ2n) is 9.29. The third-order valence-corrected chi connectivity index (χ3v) is 6.62. The molecule has 0 unspecified atom stereocenters. The minimum atomic E-state index is 0.696. The number of rotatable bonds is 8. The van der Waals surface area contributed by atoms with Gasteiger partial charge in [-0.1, -0.05) is 79.7 Å². The first-order valence-corrected chi connectivity index (χ1v) is 13.2. The van der Waals surface area contributed by atoms with Gasteiger partial charge >= 0.3 is 0 Å². The lowest BCUT2D eigenvalue weighted by Crippen LogP contribution is -2.01. The van der Waals surface area contributed by atoms with E-state index in [-0.39, 0.29) is 0 Å². The molecule has 0 saturated heterocycles. The van der Waals surface area contributed by atoms with Gasteiger partial charge in [0.25, 0.3) is 0 Å². The zero-order chi connectivity index (χ0) is 26.4. The van der Waals surface area contributed by atoms with Crippen molar-refractivity contribution in [3.8, 4) is 56.5 Å². The molecule has 0 aliphatic heterocycles. The number of hydrogen-bond donors (Lipinski definition) is 0. The molecule has 0 saturated carbocycles. The molecule has 0 bridgehead atoms. The largest absolute Gasteiger partial charge is 0.494 e. The van der Waals surface area contributed by atoms with Crippen molar-refractivity contribution in [2.45, 2.75) is 13.3 Å². The number of hydrogen-bond acceptors (Lipinski definition) is 4. The van der Waals surface area contributed by atoms with E-state index in [9.17, 15) is 0 Å². The highest BCUT2D eigenvalue weighted by atomic mass is 16.5. The molecule has 0 N–H and O–H groups in total. The molecule has 5 heteroatoms. The normalized spacial score (nSPS) is 10.9. The van der Waals surface area contributed by atoms with E-state index >= 15 is 0 Å². The van der Waals surface area contributed by atoms with Crippen molar-refractivity contribution in [1.82, 2.24) is 19.7 Å². The van der Waals surface area contributed by atoms with Gasteiger partial charge in [0.05, 0.1) is 6.61 Å². The summed E-state index contributed by atoms with van der Waals surface area (Å²) in [5, 5.41) is 9.32. The smallest absolute Gasteiger partial charge is 0.168 e. The Morgan fingerprint density at radius 2 is 1.10 bits per heavy atom. The van der Waals surface area contributed by atoms with Gasteiger partial charge in [-0.3, -0.25) is 9.55 Å². The van der Waals surface area contributed by atoms with Gasteiger partial charge in [-0.15, -0.1) is 10.2 Å². The van der Waals surface area contributed by atoms with Crippen molar-refractivity contribution in [3.63, 3.8) is 0 Å². The minimum Gasteiger partial charge on any atom is -0.494 e. The Bertz CT molecular complexity index is 1640. The van der Waals surface area contributed by atoms with Gasteiger partial charge in [-0.25, -0.2) is 0 Å². The first-order chi connectivity index (χ1) is 19.3. The lowest BCUT2D eigenvalue weighted by molar-refractivity contribution is 0.317. The van der Waals surface area contributed by atoms with Gasteiger partial charge in [-0.05, 0) is 71.1 Å². The number of nitrogens with zero attached hydrogens (tertiary/aromatic N) is 4. The van der Waals surface area contributed by atoms with Crippen LogP contribution in [-0.2, 0) is 0 Å². The fourth-order valence-corrected chi connectivity index (χ4v) is 4.60. The van der Waals surface area contributed by atoms with Crippen LogP contribution in [0.4, 0.5) is 0 Å². The molecule has 190 valence electrons. The maximum atomic E-state index is 5.79. The van der Waals surface area contributed by atoms with Crippen LogP contribution in [0.15, 0.2) is 128 Å². The lowest BCUT2D eigenvalue weighted by atomic mass is 10.0. The molecular weight excluding hydrogens is 480 g/mol. The molecule has 39 heavy (non-hydrogen) atoms. The van der Waals surface area contributed by atoms with Gasteiger partial charge in [-0.2, -0.15) is 0 Å². The molecule has 6 aromatic rings. The van der Waals surface area contributed by atoms with Crippen molar-refractivity contribution in [3.05, 3.63) is 128 Å². The summed E-state index contributed by atoms with van der Waals surface area (Å²) in [6, 6.07) is 39.4. The van der Waals surface area contributed by atoms with Crippen LogP contribution >= 0.6 is 0 Å². The standard InChI is InChI=1S/C34H28N4O/c1-2-23-39-32-20-16-29(17-21-32)34-37-36-33(28-12-10-26(11-13-28)25-7-4-3-5-8-25)38(34)31-18-14-27(15-19-31)30-9-6-22-35-24-30/h3-22,24H,2,23H2,1H3. The predicted octanol–water partition coefficient (Wildman–Crippen LogP) is 8.12. The molecule has 0 aliphatic carbocycles. The summed E-state index contributed by atoms with van der Waals surface area (Å²) in [5.74, 6) is 2.41. The van der Waals surface area contributed by atoms with Crippen molar-refractivity contribution < 1.29 is 4.74 Å². The monoisotopic (exact) mass is 508 g/mol. The van der Waals surface area contributed by atoms with E-state index in [0.717, 1.165) is 57.3 Å². The Kier molecular flexibility index (Phi) is 6.95. The quantitative estimate of drug-likeness (QED) is 0.208. The van der Waals surface area contributed by atoms with Crippen LogP contribution in [0.2, 0.25) is 0 Å². The number of ether oxygens (including phenoxy) is 1. The van der Waals surface area contributed by atoms with E-state index in [2.05, 4.69) is 106 Å². The first-order valence-electron chi connectivity index (χ1n) is 13.2. The van der Waals surface area contributed by atoms with Gasteiger partial charge < -0.3 is 4.74 Å². The zero-order valence-electron chi connectivity index (χ0n) is 21.7. The van der Waals surface area contributed by atoms with Crippen molar-refractivity contribution in [2.75, 3.05) is 6.61 Å². The van der Waals surface area contributed by atoms with E-state index in [0.29, 0.717) is 6.61 Å². The Morgan fingerprint density at radius 1 is 0.564 bits per heavy atom. The second-order valence-corrected chi connectivity index (χ2v) is 9.29. The minimum absolute atomic E-state index is 0.696. The summed E-state index contributed by atoms with van der Waals surface area (Å²) in [5.41, 5.74) is 7.47. The van der Waals surface area contributed by atoms with E-state index < -0.39 is 0 Å². The lowest BCUT2D eigenvalue weighted by Gasteiger charge is -2.13. The van der Waals surface area contributed by atoms with E-state index in [1.165, 1.54) is 5.56 Å². The zero-order valence-corrected chi connectivity index (χ0v) is 21.7. The van der Waals surface area contributed by atoms with Gasteiger partial charge in [0, 0.05) is 29.2 Å². The van der Waals surface area contributed by atoms with Gasteiger partial charge in [0.2, 0.25) is 0 Å². The average Bonchev–Trinajstić information content (AvgIpc) is 3.46. The molecule has 5 nitrogen and oxygen atoms in total. The van der Waals surface area contributed by atoms with Crippen LogP contribution in [-0.4, -0.2) is 26.4 Å². The molecular formula is C34H28N4O. The fourth-order valence-electron chi connectivity index (χ4n) is 4.60. The van der Waals surface area contributed by atoms with E-state index in [4.69, 9.17) is 4.74 Å². The summed E-state index contributed by atoms with van der Waals surface area (Å²) in [6.07, 6.45) is 4.63. The van der Waals surface area contributed by atoms with Crippen LogP contribution in [0.1, 0.15) is 13.3 Å². The summed E-state index contributed by atoms with van der Waals surface area (Å²) < 4.78 is 7.91. The topological polar surface area (TPSA) is 52.8 Å². The van der Waals surface area contributed by atoms with Crippen molar-refractivity contribution >= 4 is 0 Å². The van der Waals surface area contributed by atoms with Crippen LogP contribution < -0.4 is 4.74 Å². The Labute approximate surface area is 228 Å². The Hall–Kier alpha value is -5.03. The number of aromatic nitrogens is 4. The molecule has 4 aromatic carbocycles. The predicted molar refractivity (Wildman–Crippen MR) is 157 cm³/mol. The Morgan fingerprint density at radius 3 is 1.72 bits per heavy atom. The van der Waals surface area contributed by atoms with Crippen molar-refractivity contribution in [2.24, 2.45) is 0 Å². The summed E-state index contributed by atoms with van der Waals surface area (Å²) in [6.45, 7) is 2.80. The molecule has 2 heterocycles. The van der Waals surface area contributed by atoms with Gasteiger partial charge in [0.15, 0.2) is 11.6 Å².